The van der Waals surface area contributed by atoms with E-state index in [9.17, 15) is 13.5 Å². The number of benzene rings is 1. The lowest BCUT2D eigenvalue weighted by molar-refractivity contribution is 0.221. The van der Waals surface area contributed by atoms with Gasteiger partial charge in [0, 0.05) is 13.0 Å². The van der Waals surface area contributed by atoms with Gasteiger partial charge in [0.05, 0.1) is 4.90 Å². The fraction of sp³-hybridized carbons (Fsp3) is 0.467. The number of nitrogens with one attached hydrogen (secondary N) is 1. The molecule has 4 nitrogen and oxygen atoms in total. The predicted molar refractivity (Wildman–Crippen MR) is 79.7 cm³/mol. The molecule has 0 saturated carbocycles. The van der Waals surface area contributed by atoms with E-state index in [4.69, 9.17) is 0 Å². The quantitative estimate of drug-likeness (QED) is 0.621. The lowest BCUT2D eigenvalue weighted by Crippen LogP contribution is -2.24. The van der Waals surface area contributed by atoms with Gasteiger partial charge in [0.1, 0.15) is 6.10 Å². The van der Waals surface area contributed by atoms with Gasteiger partial charge in [0.15, 0.2) is 0 Å². The molecule has 0 aromatic heterocycles. The Morgan fingerprint density at radius 1 is 1.30 bits per heavy atom. The summed E-state index contributed by atoms with van der Waals surface area (Å²) in [4.78, 5) is 0.252. The van der Waals surface area contributed by atoms with Crippen molar-refractivity contribution >= 4 is 10.0 Å². The van der Waals surface area contributed by atoms with Crippen molar-refractivity contribution in [3.8, 4) is 11.8 Å². The SMILES string of the molecule is CCCC(O)C#CCCNS(=O)(=O)c1ccc(C)cc1. The highest BCUT2D eigenvalue weighted by atomic mass is 32.2. The number of hydrogen-bond donors (Lipinski definition) is 2. The first kappa shape index (κ1) is 16.7. The molecule has 0 heterocycles. The van der Waals surface area contributed by atoms with Crippen LogP contribution in [0.1, 0.15) is 31.7 Å². The third-order valence-electron chi connectivity index (χ3n) is 2.70. The van der Waals surface area contributed by atoms with E-state index in [0.29, 0.717) is 12.8 Å². The van der Waals surface area contributed by atoms with Crippen LogP contribution < -0.4 is 4.72 Å². The van der Waals surface area contributed by atoms with E-state index in [-0.39, 0.29) is 11.4 Å². The van der Waals surface area contributed by atoms with Crippen molar-refractivity contribution in [3.63, 3.8) is 0 Å². The van der Waals surface area contributed by atoms with Crippen LogP contribution >= 0.6 is 0 Å². The van der Waals surface area contributed by atoms with Crippen LogP contribution in [0.3, 0.4) is 0 Å². The van der Waals surface area contributed by atoms with Crippen molar-refractivity contribution in [2.45, 2.75) is 44.1 Å². The Bertz CT molecular complexity index is 567. The average molecular weight is 295 g/mol. The normalized spacial score (nSPS) is 12.6. The molecule has 1 aromatic carbocycles. The molecule has 0 aliphatic carbocycles. The van der Waals surface area contributed by atoms with Crippen LogP contribution in [-0.4, -0.2) is 26.2 Å². The van der Waals surface area contributed by atoms with Crippen LogP contribution in [0.15, 0.2) is 29.2 Å². The third-order valence-corrected chi connectivity index (χ3v) is 4.18. The maximum Gasteiger partial charge on any atom is 0.240 e. The van der Waals surface area contributed by atoms with E-state index < -0.39 is 16.1 Å². The van der Waals surface area contributed by atoms with E-state index in [2.05, 4.69) is 16.6 Å². The fourth-order valence-electron chi connectivity index (χ4n) is 1.58. The molecule has 0 amide bonds. The Balaban J connectivity index is 2.47. The molecular weight excluding hydrogens is 274 g/mol. The summed E-state index contributed by atoms with van der Waals surface area (Å²) in [5, 5.41) is 9.40. The number of aliphatic hydroxyl groups excluding tert-OH is 1. The summed E-state index contributed by atoms with van der Waals surface area (Å²) in [5.41, 5.74) is 1.01. The highest BCUT2D eigenvalue weighted by molar-refractivity contribution is 7.89. The molecule has 2 N–H and O–H groups in total. The van der Waals surface area contributed by atoms with Crippen LogP contribution in [0, 0.1) is 18.8 Å². The monoisotopic (exact) mass is 295 g/mol. The molecule has 0 saturated heterocycles. The standard InChI is InChI=1S/C15H21NO3S/c1-3-6-14(17)7-4-5-12-16-20(18,19)15-10-8-13(2)9-11-15/h8-11,14,16-17H,3,5-6,12H2,1-2H3. The summed E-state index contributed by atoms with van der Waals surface area (Å²) in [6, 6.07) is 6.67. The van der Waals surface area contributed by atoms with E-state index in [0.717, 1.165) is 12.0 Å². The zero-order valence-corrected chi connectivity index (χ0v) is 12.7. The van der Waals surface area contributed by atoms with Gasteiger partial charge in [-0.2, -0.15) is 0 Å². The summed E-state index contributed by atoms with van der Waals surface area (Å²) >= 11 is 0. The first-order valence-electron chi connectivity index (χ1n) is 6.68. The minimum Gasteiger partial charge on any atom is -0.380 e. The molecule has 0 fully saturated rings. The summed E-state index contributed by atoms with van der Waals surface area (Å²) in [6.45, 7) is 4.11. The molecule has 0 radical (unpaired) electrons. The fourth-order valence-corrected chi connectivity index (χ4v) is 2.62. The summed E-state index contributed by atoms with van der Waals surface area (Å²) < 4.78 is 26.4. The van der Waals surface area contributed by atoms with E-state index in [1.807, 2.05) is 13.8 Å². The average Bonchev–Trinajstić information content (AvgIpc) is 2.39. The van der Waals surface area contributed by atoms with Gasteiger partial charge in [0.2, 0.25) is 10.0 Å². The predicted octanol–water partition coefficient (Wildman–Crippen LogP) is 1.83. The number of aryl methyl sites for hydroxylation is 1. The molecule has 1 aromatic rings. The molecule has 1 unspecified atom stereocenters. The second kappa shape index (κ2) is 8.05. The van der Waals surface area contributed by atoms with Crippen LogP contribution in [0.25, 0.3) is 0 Å². The van der Waals surface area contributed by atoms with E-state index in [1.54, 1.807) is 24.3 Å². The van der Waals surface area contributed by atoms with Crippen molar-refractivity contribution in [1.82, 2.24) is 4.72 Å². The molecule has 0 spiro atoms. The first-order chi connectivity index (χ1) is 9.45. The van der Waals surface area contributed by atoms with E-state index >= 15 is 0 Å². The highest BCUT2D eigenvalue weighted by Crippen LogP contribution is 2.09. The zero-order valence-electron chi connectivity index (χ0n) is 11.9. The Hall–Kier alpha value is -1.35. The number of sulfonamides is 1. The third kappa shape index (κ3) is 5.74. The van der Waals surface area contributed by atoms with Gasteiger partial charge in [-0.3, -0.25) is 0 Å². The van der Waals surface area contributed by atoms with Gasteiger partial charge < -0.3 is 5.11 Å². The zero-order chi connectivity index (χ0) is 15.0. The van der Waals surface area contributed by atoms with Crippen molar-refractivity contribution in [2.24, 2.45) is 0 Å². The van der Waals surface area contributed by atoms with Gasteiger partial charge in [-0.1, -0.05) is 42.9 Å². The maximum absolute atomic E-state index is 11.9. The van der Waals surface area contributed by atoms with Gasteiger partial charge in [-0.05, 0) is 25.5 Å². The van der Waals surface area contributed by atoms with Crippen LogP contribution in [-0.2, 0) is 10.0 Å². The van der Waals surface area contributed by atoms with Crippen LogP contribution in [0.2, 0.25) is 0 Å². The molecule has 1 rings (SSSR count). The van der Waals surface area contributed by atoms with Crippen molar-refractivity contribution < 1.29 is 13.5 Å². The highest BCUT2D eigenvalue weighted by Gasteiger charge is 2.11. The maximum atomic E-state index is 11.9. The van der Waals surface area contributed by atoms with Gasteiger partial charge in [-0.25, -0.2) is 13.1 Å². The largest absolute Gasteiger partial charge is 0.380 e. The summed E-state index contributed by atoms with van der Waals surface area (Å²) in [5.74, 6) is 5.46. The minimum atomic E-state index is -3.47. The first-order valence-corrected chi connectivity index (χ1v) is 8.17. The molecule has 0 bridgehead atoms. The molecule has 1 atom stereocenters. The number of hydrogen-bond acceptors (Lipinski definition) is 3. The van der Waals surface area contributed by atoms with Crippen molar-refractivity contribution in [2.75, 3.05) is 6.54 Å². The Morgan fingerprint density at radius 2 is 1.95 bits per heavy atom. The molecule has 20 heavy (non-hydrogen) atoms. The van der Waals surface area contributed by atoms with Crippen LogP contribution in [0.4, 0.5) is 0 Å². The van der Waals surface area contributed by atoms with Crippen molar-refractivity contribution in [3.05, 3.63) is 29.8 Å². The Kier molecular flexibility index (Phi) is 6.73. The van der Waals surface area contributed by atoms with Gasteiger partial charge in [0.25, 0.3) is 0 Å². The molecular formula is C15H21NO3S. The van der Waals surface area contributed by atoms with Crippen molar-refractivity contribution in [1.29, 1.82) is 0 Å². The Morgan fingerprint density at radius 3 is 2.55 bits per heavy atom. The smallest absolute Gasteiger partial charge is 0.240 e. The topological polar surface area (TPSA) is 66.4 Å². The van der Waals surface area contributed by atoms with Gasteiger partial charge in [-0.15, -0.1) is 0 Å². The molecule has 5 heteroatoms. The molecule has 110 valence electrons. The van der Waals surface area contributed by atoms with Gasteiger partial charge >= 0.3 is 0 Å². The molecule has 0 aliphatic heterocycles. The minimum absolute atomic E-state index is 0.238. The second-order valence-electron chi connectivity index (χ2n) is 4.59. The number of rotatable bonds is 6. The molecule has 0 aliphatic rings. The summed E-state index contributed by atoms with van der Waals surface area (Å²) in [7, 11) is -3.47. The number of aliphatic hydroxyl groups is 1. The van der Waals surface area contributed by atoms with Crippen LogP contribution in [0.5, 0.6) is 0 Å². The second-order valence-corrected chi connectivity index (χ2v) is 6.35. The summed E-state index contributed by atoms with van der Waals surface area (Å²) in [6.07, 6.45) is 1.28. The Labute approximate surface area is 121 Å². The van der Waals surface area contributed by atoms with E-state index in [1.165, 1.54) is 0 Å². The lowest BCUT2D eigenvalue weighted by atomic mass is 10.2. The lowest BCUT2D eigenvalue weighted by Gasteiger charge is -2.05.